The summed E-state index contributed by atoms with van der Waals surface area (Å²) in [5.74, 6) is -1.58. The SMILES string of the molecule is CC(C)CC(C)OC(=O)CC(C(=O)OC(C)CC(C)C)S(=O)(=O)[O-]. The van der Waals surface area contributed by atoms with Crippen molar-refractivity contribution in [2.24, 2.45) is 11.8 Å². The van der Waals surface area contributed by atoms with Crippen LogP contribution in [-0.4, -0.2) is 42.4 Å². The molecule has 0 spiro atoms. The molecule has 0 amide bonds. The molecule has 0 aromatic heterocycles. The Kier molecular flexibility index (Phi) is 9.50. The molecule has 24 heavy (non-hydrogen) atoms. The van der Waals surface area contributed by atoms with Gasteiger partial charge in [-0.3, -0.25) is 9.59 Å². The number of rotatable bonds is 10. The van der Waals surface area contributed by atoms with Gasteiger partial charge in [-0.25, -0.2) is 8.42 Å². The van der Waals surface area contributed by atoms with Crippen LogP contribution in [0.4, 0.5) is 0 Å². The molecule has 3 unspecified atom stereocenters. The van der Waals surface area contributed by atoms with Gasteiger partial charge in [-0.2, -0.15) is 0 Å². The molecule has 0 saturated carbocycles. The van der Waals surface area contributed by atoms with Crippen molar-refractivity contribution in [1.29, 1.82) is 0 Å². The third kappa shape index (κ3) is 9.87. The zero-order chi connectivity index (χ0) is 19.1. The van der Waals surface area contributed by atoms with Crippen LogP contribution in [0.3, 0.4) is 0 Å². The second kappa shape index (κ2) is 9.98. The Labute approximate surface area is 144 Å². The van der Waals surface area contributed by atoms with Gasteiger partial charge in [0.2, 0.25) is 0 Å². The van der Waals surface area contributed by atoms with E-state index in [0.717, 1.165) is 0 Å². The highest BCUT2D eigenvalue weighted by molar-refractivity contribution is 7.87. The highest BCUT2D eigenvalue weighted by Crippen LogP contribution is 2.15. The van der Waals surface area contributed by atoms with Gasteiger partial charge in [-0.1, -0.05) is 27.7 Å². The summed E-state index contributed by atoms with van der Waals surface area (Å²) >= 11 is 0. The highest BCUT2D eigenvalue weighted by atomic mass is 32.2. The third-order valence-corrected chi connectivity index (χ3v) is 4.28. The Bertz CT molecular complexity index is 511. The number of carbonyl (C=O) groups is 2. The highest BCUT2D eigenvalue weighted by Gasteiger charge is 2.32. The average Bonchev–Trinajstić information content (AvgIpc) is 2.31. The van der Waals surface area contributed by atoms with Crippen molar-refractivity contribution in [1.82, 2.24) is 0 Å². The molecule has 0 aliphatic rings. The lowest BCUT2D eigenvalue weighted by Gasteiger charge is -2.23. The van der Waals surface area contributed by atoms with Gasteiger partial charge in [-0.15, -0.1) is 0 Å². The molecule has 0 heterocycles. The Morgan fingerprint density at radius 1 is 0.875 bits per heavy atom. The Balaban J connectivity index is 4.85. The van der Waals surface area contributed by atoms with Crippen LogP contribution < -0.4 is 0 Å². The molecular weight excluding hydrogens is 336 g/mol. The second-order valence-corrected chi connectivity index (χ2v) is 8.55. The smallest absolute Gasteiger partial charge is 0.324 e. The fourth-order valence-electron chi connectivity index (χ4n) is 2.43. The first kappa shape index (κ1) is 22.9. The summed E-state index contributed by atoms with van der Waals surface area (Å²) in [6.45, 7) is 11.0. The number of hydrogen-bond acceptors (Lipinski definition) is 7. The lowest BCUT2D eigenvalue weighted by Crippen LogP contribution is -2.37. The number of esters is 2. The predicted molar refractivity (Wildman–Crippen MR) is 88.1 cm³/mol. The Hall–Kier alpha value is -1.15. The minimum Gasteiger partial charge on any atom is -0.747 e. The first-order chi connectivity index (χ1) is 10.8. The average molecular weight is 365 g/mol. The van der Waals surface area contributed by atoms with Crippen LogP contribution in [0.2, 0.25) is 0 Å². The Morgan fingerprint density at radius 3 is 1.67 bits per heavy atom. The third-order valence-electron chi connectivity index (χ3n) is 3.22. The molecule has 3 atom stereocenters. The molecule has 0 radical (unpaired) electrons. The predicted octanol–water partition coefficient (Wildman–Crippen LogP) is 2.25. The maximum atomic E-state index is 12.0. The maximum Gasteiger partial charge on any atom is 0.324 e. The summed E-state index contributed by atoms with van der Waals surface area (Å²) in [5, 5.41) is -2.08. The molecular formula is C16H29O7S-. The van der Waals surface area contributed by atoms with Crippen LogP contribution in [0, 0.1) is 11.8 Å². The van der Waals surface area contributed by atoms with Gasteiger partial charge in [0.25, 0.3) is 0 Å². The molecule has 0 N–H and O–H groups in total. The van der Waals surface area contributed by atoms with Gasteiger partial charge in [0.1, 0.15) is 10.1 Å². The summed E-state index contributed by atoms with van der Waals surface area (Å²) in [7, 11) is -5.02. The molecule has 0 aliphatic heterocycles. The Morgan fingerprint density at radius 2 is 1.29 bits per heavy atom. The molecule has 0 bridgehead atoms. The van der Waals surface area contributed by atoms with Crippen LogP contribution in [0.5, 0.6) is 0 Å². The molecule has 0 fully saturated rings. The van der Waals surface area contributed by atoms with Crippen LogP contribution in [-0.2, 0) is 29.2 Å². The topological polar surface area (TPSA) is 110 Å². The zero-order valence-electron chi connectivity index (χ0n) is 15.3. The first-order valence-corrected chi connectivity index (χ1v) is 9.64. The monoisotopic (exact) mass is 365 g/mol. The summed E-state index contributed by atoms with van der Waals surface area (Å²) in [6, 6.07) is 0. The van der Waals surface area contributed by atoms with Crippen molar-refractivity contribution >= 4 is 22.1 Å². The van der Waals surface area contributed by atoms with Crippen LogP contribution in [0.15, 0.2) is 0 Å². The minimum atomic E-state index is -5.02. The van der Waals surface area contributed by atoms with E-state index < -0.39 is 45.9 Å². The van der Waals surface area contributed by atoms with E-state index >= 15 is 0 Å². The van der Waals surface area contributed by atoms with E-state index in [9.17, 15) is 22.6 Å². The van der Waals surface area contributed by atoms with Gasteiger partial charge in [0.15, 0.2) is 5.25 Å². The van der Waals surface area contributed by atoms with E-state index in [4.69, 9.17) is 9.47 Å². The van der Waals surface area contributed by atoms with E-state index in [0.29, 0.717) is 12.8 Å². The van der Waals surface area contributed by atoms with Crippen molar-refractivity contribution < 1.29 is 32.0 Å². The standard InChI is InChI=1S/C16H30O7S/c1-10(2)7-12(5)22-15(17)9-14(24(19,20)21)16(18)23-13(6)8-11(3)4/h10-14H,7-9H2,1-6H3,(H,19,20,21)/p-1. The van der Waals surface area contributed by atoms with Crippen LogP contribution in [0.25, 0.3) is 0 Å². The quantitative estimate of drug-likeness (QED) is 0.431. The molecule has 0 aliphatic carbocycles. The normalized spacial score (nSPS) is 15.9. The first-order valence-electron chi connectivity index (χ1n) is 8.17. The molecule has 8 heteroatoms. The molecule has 7 nitrogen and oxygen atoms in total. The van der Waals surface area contributed by atoms with Crippen molar-refractivity contribution in [2.75, 3.05) is 0 Å². The van der Waals surface area contributed by atoms with Crippen molar-refractivity contribution in [3.05, 3.63) is 0 Å². The summed E-state index contributed by atoms with van der Waals surface area (Å²) in [4.78, 5) is 23.8. The van der Waals surface area contributed by atoms with Gasteiger partial charge in [0, 0.05) is 0 Å². The van der Waals surface area contributed by atoms with Gasteiger partial charge >= 0.3 is 11.9 Å². The van der Waals surface area contributed by atoms with E-state index in [1.807, 2.05) is 27.7 Å². The van der Waals surface area contributed by atoms with Crippen molar-refractivity contribution in [3.8, 4) is 0 Å². The van der Waals surface area contributed by atoms with Crippen molar-refractivity contribution in [3.63, 3.8) is 0 Å². The zero-order valence-corrected chi connectivity index (χ0v) is 16.1. The van der Waals surface area contributed by atoms with Gasteiger partial charge in [-0.05, 0) is 38.5 Å². The molecule has 0 rings (SSSR count). The van der Waals surface area contributed by atoms with Gasteiger partial charge in [0.05, 0.1) is 18.6 Å². The maximum absolute atomic E-state index is 12.0. The molecule has 0 aromatic rings. The largest absolute Gasteiger partial charge is 0.747 e. The fraction of sp³-hybridized carbons (Fsp3) is 0.875. The molecule has 142 valence electrons. The van der Waals surface area contributed by atoms with Crippen LogP contribution >= 0.6 is 0 Å². The summed E-state index contributed by atoms with van der Waals surface area (Å²) < 4.78 is 44.0. The number of ether oxygens (including phenoxy) is 2. The second-order valence-electron chi connectivity index (χ2n) is 6.99. The van der Waals surface area contributed by atoms with E-state index in [2.05, 4.69) is 0 Å². The number of carbonyl (C=O) groups excluding carboxylic acids is 2. The molecule has 0 saturated heterocycles. The molecule has 0 aromatic carbocycles. The van der Waals surface area contributed by atoms with Gasteiger partial charge < -0.3 is 14.0 Å². The lowest BCUT2D eigenvalue weighted by molar-refractivity contribution is -0.155. The summed E-state index contributed by atoms with van der Waals surface area (Å²) in [5.41, 5.74) is 0. The van der Waals surface area contributed by atoms with E-state index in [1.54, 1.807) is 13.8 Å². The van der Waals surface area contributed by atoms with E-state index in [1.165, 1.54) is 0 Å². The minimum absolute atomic E-state index is 0.233. The van der Waals surface area contributed by atoms with E-state index in [-0.39, 0.29) is 11.8 Å². The summed E-state index contributed by atoms with van der Waals surface area (Å²) in [6.07, 6.45) is -0.688. The van der Waals surface area contributed by atoms with Crippen LogP contribution in [0.1, 0.15) is 60.8 Å². The number of hydrogen-bond donors (Lipinski definition) is 0. The fourth-order valence-corrected chi connectivity index (χ4v) is 3.06. The van der Waals surface area contributed by atoms with Crippen molar-refractivity contribution in [2.45, 2.75) is 78.3 Å². The lowest BCUT2D eigenvalue weighted by atomic mass is 10.1.